The summed E-state index contributed by atoms with van der Waals surface area (Å²) in [6.07, 6.45) is 0. The maximum atomic E-state index is 4.94. The Balaban J connectivity index is 2.30. The van der Waals surface area contributed by atoms with E-state index in [1.165, 1.54) is 17.0 Å². The molecule has 118 valence electrons. The Hall–Kier alpha value is -0.740. The van der Waals surface area contributed by atoms with Gasteiger partial charge in [0.2, 0.25) is 0 Å². The van der Waals surface area contributed by atoms with Crippen LogP contribution in [-0.2, 0) is 6.54 Å². The number of thioether (sulfide) groups is 1. The summed E-state index contributed by atoms with van der Waals surface area (Å²) in [6.45, 7) is 14.3. The molecule has 1 aliphatic heterocycles. The van der Waals surface area contributed by atoms with E-state index in [9.17, 15) is 0 Å². The SMILES string of the molecule is CCNCc1cc(C(C)C)nc(N2CCSC(C)C2C)c1. The van der Waals surface area contributed by atoms with E-state index in [0.717, 1.165) is 25.5 Å². The first-order valence-electron chi connectivity index (χ1n) is 8.12. The smallest absolute Gasteiger partial charge is 0.129 e. The Kier molecular flexibility index (Phi) is 5.94. The van der Waals surface area contributed by atoms with Crippen LogP contribution in [0.5, 0.6) is 0 Å². The van der Waals surface area contributed by atoms with Crippen LogP contribution in [0.3, 0.4) is 0 Å². The standard InChI is InChI=1S/C17H29N3S/c1-6-18-11-15-9-16(12(2)3)19-17(10-15)20-7-8-21-14(5)13(20)4/h9-10,12-14,18H,6-8,11H2,1-5H3. The molecular formula is C17H29N3S. The highest BCUT2D eigenvalue weighted by molar-refractivity contribution is 8.00. The normalized spacial score (nSPS) is 22.9. The number of nitrogens with one attached hydrogen (secondary N) is 1. The first kappa shape index (κ1) is 16.6. The van der Waals surface area contributed by atoms with Crippen molar-refractivity contribution in [2.24, 2.45) is 0 Å². The van der Waals surface area contributed by atoms with Crippen molar-refractivity contribution in [3.8, 4) is 0 Å². The highest BCUT2D eigenvalue weighted by Crippen LogP contribution is 2.29. The van der Waals surface area contributed by atoms with Crippen LogP contribution < -0.4 is 10.2 Å². The lowest BCUT2D eigenvalue weighted by Gasteiger charge is -2.38. The molecule has 1 aromatic rings. The molecule has 1 N–H and O–H groups in total. The third-order valence-electron chi connectivity index (χ3n) is 4.24. The molecule has 1 fully saturated rings. The second-order valence-corrected chi connectivity index (χ2v) is 7.69. The fourth-order valence-corrected chi connectivity index (χ4v) is 3.76. The molecule has 0 radical (unpaired) electrons. The van der Waals surface area contributed by atoms with Crippen molar-refractivity contribution in [1.82, 2.24) is 10.3 Å². The summed E-state index contributed by atoms with van der Waals surface area (Å²) in [5, 5.41) is 4.10. The Labute approximate surface area is 133 Å². The molecule has 2 atom stereocenters. The highest BCUT2D eigenvalue weighted by Gasteiger charge is 2.26. The van der Waals surface area contributed by atoms with Crippen molar-refractivity contribution in [3.05, 3.63) is 23.4 Å². The maximum absolute atomic E-state index is 4.94. The molecule has 0 amide bonds. The van der Waals surface area contributed by atoms with Gasteiger partial charge in [-0.3, -0.25) is 0 Å². The minimum Gasteiger partial charge on any atom is -0.352 e. The van der Waals surface area contributed by atoms with E-state index in [2.05, 4.69) is 68.7 Å². The number of nitrogens with zero attached hydrogens (tertiary/aromatic N) is 2. The van der Waals surface area contributed by atoms with Gasteiger partial charge < -0.3 is 10.2 Å². The molecular weight excluding hydrogens is 278 g/mol. The first-order chi connectivity index (χ1) is 10.0. The van der Waals surface area contributed by atoms with E-state index in [1.807, 2.05) is 0 Å². The van der Waals surface area contributed by atoms with Crippen LogP contribution in [0.1, 0.15) is 51.8 Å². The van der Waals surface area contributed by atoms with E-state index < -0.39 is 0 Å². The van der Waals surface area contributed by atoms with Crippen LogP contribution in [0.4, 0.5) is 5.82 Å². The number of aromatic nitrogens is 1. The van der Waals surface area contributed by atoms with E-state index in [1.54, 1.807) is 0 Å². The van der Waals surface area contributed by atoms with Gasteiger partial charge in [0.25, 0.3) is 0 Å². The van der Waals surface area contributed by atoms with Crippen LogP contribution in [-0.4, -0.2) is 35.1 Å². The third kappa shape index (κ3) is 4.13. The fourth-order valence-electron chi connectivity index (χ4n) is 2.66. The zero-order valence-electron chi connectivity index (χ0n) is 14.0. The van der Waals surface area contributed by atoms with Gasteiger partial charge >= 0.3 is 0 Å². The van der Waals surface area contributed by atoms with Gasteiger partial charge in [0.15, 0.2) is 0 Å². The lowest BCUT2D eigenvalue weighted by Crippen LogP contribution is -2.45. The van der Waals surface area contributed by atoms with E-state index in [-0.39, 0.29) is 0 Å². The number of rotatable bonds is 5. The van der Waals surface area contributed by atoms with Gasteiger partial charge in [0.1, 0.15) is 5.82 Å². The molecule has 4 heteroatoms. The van der Waals surface area contributed by atoms with Gasteiger partial charge in [-0.05, 0) is 37.1 Å². The summed E-state index contributed by atoms with van der Waals surface area (Å²) in [7, 11) is 0. The number of anilines is 1. The molecule has 2 rings (SSSR count). The van der Waals surface area contributed by atoms with Crippen molar-refractivity contribution in [3.63, 3.8) is 0 Å². The summed E-state index contributed by atoms with van der Waals surface area (Å²) >= 11 is 2.07. The van der Waals surface area contributed by atoms with Crippen LogP contribution >= 0.6 is 11.8 Å². The van der Waals surface area contributed by atoms with Gasteiger partial charge in [-0.2, -0.15) is 11.8 Å². The lowest BCUT2D eigenvalue weighted by atomic mass is 10.1. The molecule has 2 unspecified atom stereocenters. The Bertz CT molecular complexity index is 461. The molecule has 1 saturated heterocycles. The summed E-state index contributed by atoms with van der Waals surface area (Å²) in [5.41, 5.74) is 2.56. The van der Waals surface area contributed by atoms with Crippen LogP contribution in [0, 0.1) is 0 Å². The minimum absolute atomic E-state index is 0.470. The van der Waals surface area contributed by atoms with Gasteiger partial charge in [0, 0.05) is 35.8 Å². The zero-order valence-corrected chi connectivity index (χ0v) is 14.8. The molecule has 1 aliphatic rings. The molecule has 2 heterocycles. The van der Waals surface area contributed by atoms with Gasteiger partial charge in [-0.1, -0.05) is 27.7 Å². The van der Waals surface area contributed by atoms with E-state index in [0.29, 0.717) is 17.2 Å². The van der Waals surface area contributed by atoms with E-state index >= 15 is 0 Å². The molecule has 0 bridgehead atoms. The van der Waals surface area contributed by atoms with E-state index in [4.69, 9.17) is 4.98 Å². The summed E-state index contributed by atoms with van der Waals surface area (Å²) in [6, 6.07) is 5.07. The van der Waals surface area contributed by atoms with Gasteiger partial charge in [-0.15, -0.1) is 0 Å². The fraction of sp³-hybridized carbons (Fsp3) is 0.706. The lowest BCUT2D eigenvalue weighted by molar-refractivity contribution is 0.616. The molecule has 3 nitrogen and oxygen atoms in total. The molecule has 0 aliphatic carbocycles. The van der Waals surface area contributed by atoms with Crippen molar-refractivity contribution in [2.75, 3.05) is 23.7 Å². The van der Waals surface area contributed by atoms with Crippen molar-refractivity contribution >= 4 is 17.6 Å². The summed E-state index contributed by atoms with van der Waals surface area (Å²) in [5.74, 6) is 2.83. The Morgan fingerprint density at radius 3 is 2.81 bits per heavy atom. The minimum atomic E-state index is 0.470. The summed E-state index contributed by atoms with van der Waals surface area (Å²) in [4.78, 5) is 7.43. The van der Waals surface area contributed by atoms with Crippen molar-refractivity contribution < 1.29 is 0 Å². The maximum Gasteiger partial charge on any atom is 0.129 e. The van der Waals surface area contributed by atoms with Crippen LogP contribution in [0.2, 0.25) is 0 Å². The molecule has 0 saturated carbocycles. The monoisotopic (exact) mass is 307 g/mol. The molecule has 21 heavy (non-hydrogen) atoms. The highest BCUT2D eigenvalue weighted by atomic mass is 32.2. The zero-order chi connectivity index (χ0) is 15.4. The molecule has 0 spiro atoms. The number of hydrogen-bond acceptors (Lipinski definition) is 4. The predicted molar refractivity (Wildman–Crippen MR) is 94.4 cm³/mol. The second kappa shape index (κ2) is 7.50. The molecule has 0 aromatic carbocycles. The Morgan fingerprint density at radius 1 is 1.38 bits per heavy atom. The largest absolute Gasteiger partial charge is 0.352 e. The van der Waals surface area contributed by atoms with Crippen molar-refractivity contribution in [1.29, 1.82) is 0 Å². The third-order valence-corrected chi connectivity index (χ3v) is 5.58. The average molecular weight is 308 g/mol. The van der Waals surface area contributed by atoms with Gasteiger partial charge in [0.05, 0.1) is 0 Å². The van der Waals surface area contributed by atoms with Gasteiger partial charge in [-0.25, -0.2) is 4.98 Å². The number of hydrogen-bond donors (Lipinski definition) is 1. The quantitative estimate of drug-likeness (QED) is 0.899. The molecule has 1 aromatic heterocycles. The first-order valence-corrected chi connectivity index (χ1v) is 9.17. The average Bonchev–Trinajstić information content (AvgIpc) is 2.47. The topological polar surface area (TPSA) is 28.2 Å². The van der Waals surface area contributed by atoms with Crippen LogP contribution in [0.25, 0.3) is 0 Å². The Morgan fingerprint density at radius 2 is 2.14 bits per heavy atom. The van der Waals surface area contributed by atoms with Crippen LogP contribution in [0.15, 0.2) is 12.1 Å². The second-order valence-electron chi connectivity index (χ2n) is 6.20. The predicted octanol–water partition coefficient (Wildman–Crippen LogP) is 3.64. The summed E-state index contributed by atoms with van der Waals surface area (Å²) < 4.78 is 0. The van der Waals surface area contributed by atoms with Crippen molar-refractivity contribution in [2.45, 2.75) is 58.4 Å². The number of pyridine rings is 1.